The maximum atomic E-state index is 7.81. The first-order valence-electron chi connectivity index (χ1n) is 19.2. The van der Waals surface area contributed by atoms with E-state index in [4.69, 9.17) is 14.2 Å². The number of ether oxygens (including phenoxy) is 3. The van der Waals surface area contributed by atoms with Gasteiger partial charge >= 0.3 is 0 Å². The molecule has 1 spiro atoms. The Hall–Kier alpha value is -4.58. The highest BCUT2D eigenvalue weighted by Gasteiger charge is 2.55. The zero-order chi connectivity index (χ0) is 38.2. The molecule has 0 radical (unpaired) electrons. The average molecular weight is 761 g/mol. The van der Waals surface area contributed by atoms with Crippen molar-refractivity contribution in [1.29, 1.82) is 0 Å². The molecule has 0 bridgehead atoms. The summed E-state index contributed by atoms with van der Waals surface area (Å²) in [5.74, 6) is 2.57. The summed E-state index contributed by atoms with van der Waals surface area (Å²) in [5.41, 5.74) is 8.13. The van der Waals surface area contributed by atoms with Gasteiger partial charge in [-0.1, -0.05) is 112 Å². The van der Waals surface area contributed by atoms with Gasteiger partial charge in [0.2, 0.25) is 0 Å². The van der Waals surface area contributed by atoms with Crippen LogP contribution in [0.2, 0.25) is 0 Å². The van der Waals surface area contributed by atoms with Gasteiger partial charge in [0.1, 0.15) is 17.2 Å². The minimum absolute atomic E-state index is 0.147. The van der Waals surface area contributed by atoms with Crippen molar-refractivity contribution < 1.29 is 14.2 Å². The Kier molecular flexibility index (Phi) is 8.71. The van der Waals surface area contributed by atoms with E-state index in [-0.39, 0.29) is 16.2 Å². The molecule has 278 valence electrons. The monoisotopic (exact) mass is 760 g/mol. The van der Waals surface area contributed by atoms with Gasteiger partial charge in [0.05, 0.1) is 14.2 Å². The van der Waals surface area contributed by atoms with E-state index in [0.717, 1.165) is 46.6 Å². The standard InChI is InChI=1S/C50H48O3S2/c1-47(2)29-48(3,4)31-49(30-47)41-16-12-11-15-37(41)44-39-27-42(54-7)43(55-36-13-9-8-10-14-36)28-40(39)46-38(45(44)49)25-26-50(53-46,32-17-21-34(51-5)22-18-32)33-19-23-35(52-6)24-20-33/h8-28H,29-31H2,1-7H3. The van der Waals surface area contributed by atoms with Crippen molar-refractivity contribution in [3.05, 3.63) is 149 Å². The summed E-state index contributed by atoms with van der Waals surface area (Å²) in [4.78, 5) is 3.72. The third-order valence-corrected chi connectivity index (χ3v) is 14.0. The lowest BCUT2D eigenvalue weighted by molar-refractivity contribution is 0.0642. The molecule has 5 heteroatoms. The summed E-state index contributed by atoms with van der Waals surface area (Å²) < 4.78 is 19.1. The van der Waals surface area contributed by atoms with Crippen LogP contribution in [0.15, 0.2) is 136 Å². The lowest BCUT2D eigenvalue weighted by Gasteiger charge is -2.52. The van der Waals surface area contributed by atoms with Crippen LogP contribution in [0.1, 0.15) is 74.8 Å². The number of thioether (sulfide) groups is 1. The molecule has 55 heavy (non-hydrogen) atoms. The van der Waals surface area contributed by atoms with Crippen molar-refractivity contribution in [2.24, 2.45) is 10.8 Å². The zero-order valence-corrected chi connectivity index (χ0v) is 34.4. The zero-order valence-electron chi connectivity index (χ0n) is 32.8. The predicted molar refractivity (Wildman–Crippen MR) is 230 cm³/mol. The highest BCUT2D eigenvalue weighted by atomic mass is 32.2. The maximum absolute atomic E-state index is 7.81. The first-order valence-corrected chi connectivity index (χ1v) is 21.3. The molecule has 0 unspecified atom stereocenters. The summed E-state index contributed by atoms with van der Waals surface area (Å²) in [6.07, 6.45) is 10.3. The van der Waals surface area contributed by atoms with Gasteiger partial charge < -0.3 is 14.2 Å². The fraction of sp³-hybridized carbons (Fsp3) is 0.280. The van der Waals surface area contributed by atoms with Crippen molar-refractivity contribution in [1.82, 2.24) is 0 Å². The van der Waals surface area contributed by atoms with Crippen LogP contribution in [0.3, 0.4) is 0 Å². The molecule has 0 N–H and O–H groups in total. The third kappa shape index (κ3) is 5.88. The van der Waals surface area contributed by atoms with E-state index in [9.17, 15) is 0 Å². The highest BCUT2D eigenvalue weighted by Crippen LogP contribution is 2.67. The molecule has 2 aliphatic carbocycles. The van der Waals surface area contributed by atoms with Crippen LogP contribution in [0.4, 0.5) is 0 Å². The quantitative estimate of drug-likeness (QED) is 0.151. The van der Waals surface area contributed by atoms with Crippen molar-refractivity contribution in [2.75, 3.05) is 20.5 Å². The minimum atomic E-state index is -0.901. The van der Waals surface area contributed by atoms with Crippen molar-refractivity contribution in [3.63, 3.8) is 0 Å². The second-order valence-corrected chi connectivity index (χ2v) is 19.0. The Bertz CT molecular complexity index is 2400. The largest absolute Gasteiger partial charge is 0.497 e. The van der Waals surface area contributed by atoms with Gasteiger partial charge in [-0.05, 0) is 119 Å². The Morgan fingerprint density at radius 1 is 0.636 bits per heavy atom. The Morgan fingerprint density at radius 3 is 1.82 bits per heavy atom. The van der Waals surface area contributed by atoms with E-state index < -0.39 is 5.60 Å². The molecule has 3 aliphatic rings. The molecule has 0 amide bonds. The number of fused-ring (bicyclic) bond motifs is 10. The van der Waals surface area contributed by atoms with Gasteiger partial charge in [0, 0.05) is 42.2 Å². The lowest BCUT2D eigenvalue weighted by atomic mass is 9.52. The topological polar surface area (TPSA) is 27.7 Å². The van der Waals surface area contributed by atoms with E-state index in [1.165, 1.54) is 54.3 Å². The highest BCUT2D eigenvalue weighted by molar-refractivity contribution is 8.02. The molecule has 0 aromatic heterocycles. The molecule has 6 aromatic rings. The van der Waals surface area contributed by atoms with Gasteiger partial charge in [-0.15, -0.1) is 11.8 Å². The van der Waals surface area contributed by atoms with E-state index in [1.807, 2.05) is 47.8 Å². The first kappa shape index (κ1) is 36.1. The molecule has 1 aliphatic heterocycles. The molecule has 9 rings (SSSR count). The molecule has 0 saturated heterocycles. The average Bonchev–Trinajstić information content (AvgIpc) is 3.45. The summed E-state index contributed by atoms with van der Waals surface area (Å²) in [5, 5.41) is 2.40. The van der Waals surface area contributed by atoms with Crippen LogP contribution in [0.25, 0.3) is 28.0 Å². The predicted octanol–water partition coefficient (Wildman–Crippen LogP) is 13.6. The number of methoxy groups -OCH3 is 2. The summed E-state index contributed by atoms with van der Waals surface area (Å²) >= 11 is 3.64. The van der Waals surface area contributed by atoms with Crippen molar-refractivity contribution in [2.45, 2.75) is 72.7 Å². The van der Waals surface area contributed by atoms with Crippen LogP contribution in [0.5, 0.6) is 17.2 Å². The SMILES string of the molecule is COc1ccc(C2(c3ccc(OC)cc3)C=Cc3c4c(c5cc(SC)c(Sc6ccccc6)cc5c3O2)-c2ccccc2C42CC(C)(C)CC(C)(C)C2)cc1. The van der Waals surface area contributed by atoms with Crippen LogP contribution in [0, 0.1) is 10.8 Å². The maximum Gasteiger partial charge on any atom is 0.178 e. The van der Waals surface area contributed by atoms with Gasteiger partial charge in [-0.3, -0.25) is 0 Å². The normalized spacial score (nSPS) is 17.9. The fourth-order valence-corrected chi connectivity index (χ4v) is 12.4. The molecule has 1 heterocycles. The van der Waals surface area contributed by atoms with Crippen LogP contribution < -0.4 is 14.2 Å². The molecule has 3 nitrogen and oxygen atoms in total. The number of hydrogen-bond donors (Lipinski definition) is 0. The fourth-order valence-electron chi connectivity index (χ4n) is 10.7. The van der Waals surface area contributed by atoms with Crippen molar-refractivity contribution in [3.8, 4) is 28.4 Å². The summed E-state index contributed by atoms with van der Waals surface area (Å²) in [7, 11) is 3.42. The van der Waals surface area contributed by atoms with Gasteiger partial charge in [-0.25, -0.2) is 0 Å². The Balaban J connectivity index is 1.39. The molecule has 1 fully saturated rings. The summed E-state index contributed by atoms with van der Waals surface area (Å²) in [6.45, 7) is 9.92. The van der Waals surface area contributed by atoms with Gasteiger partial charge in [-0.2, -0.15) is 0 Å². The number of hydrogen-bond acceptors (Lipinski definition) is 5. The summed E-state index contributed by atoms with van der Waals surface area (Å²) in [6, 6.07) is 41.5. The van der Waals surface area contributed by atoms with E-state index in [2.05, 4.69) is 137 Å². The number of benzene rings is 6. The first-order chi connectivity index (χ1) is 26.5. The van der Waals surface area contributed by atoms with Crippen LogP contribution >= 0.6 is 23.5 Å². The molecular weight excluding hydrogens is 713 g/mol. The van der Waals surface area contributed by atoms with Crippen LogP contribution in [-0.4, -0.2) is 20.5 Å². The van der Waals surface area contributed by atoms with Gasteiger partial charge in [0.25, 0.3) is 0 Å². The molecular formula is C50H48O3S2. The third-order valence-electron chi connectivity index (χ3n) is 12.0. The van der Waals surface area contributed by atoms with E-state index >= 15 is 0 Å². The smallest absolute Gasteiger partial charge is 0.178 e. The Morgan fingerprint density at radius 2 is 1.22 bits per heavy atom. The van der Waals surface area contributed by atoms with E-state index in [1.54, 1.807) is 14.2 Å². The molecule has 6 aromatic carbocycles. The number of rotatable bonds is 7. The minimum Gasteiger partial charge on any atom is -0.497 e. The molecule has 0 atom stereocenters. The second kappa shape index (κ2) is 13.3. The molecule has 1 saturated carbocycles. The second-order valence-electron chi connectivity index (χ2n) is 17.1. The van der Waals surface area contributed by atoms with E-state index in [0.29, 0.717) is 0 Å². The van der Waals surface area contributed by atoms with Gasteiger partial charge in [0.15, 0.2) is 5.60 Å². The lowest BCUT2D eigenvalue weighted by Crippen LogP contribution is -2.44. The van der Waals surface area contributed by atoms with Crippen molar-refractivity contribution >= 4 is 40.4 Å². The Labute approximate surface area is 334 Å². The van der Waals surface area contributed by atoms with Crippen LogP contribution in [-0.2, 0) is 11.0 Å².